The standard InChI is InChI=1S/C29H38N4O6/c1-23(34)38-21-19-37-20-22-39-29(36)33-17-15-32(16-18-33)27-9-5-25(6-10-27)28(35)24-3-7-26(8-4-24)31-13-11-30(2)12-14-31/h3-10H,11-22H2,1-2H3. The molecular weight excluding hydrogens is 500 g/mol. The molecule has 2 aromatic carbocycles. The Kier molecular flexibility index (Phi) is 10.2. The van der Waals surface area contributed by atoms with Crippen molar-refractivity contribution in [3.63, 3.8) is 0 Å². The fraction of sp³-hybridized carbons (Fsp3) is 0.483. The molecule has 0 atom stereocenters. The molecule has 2 fully saturated rings. The third-order valence-electron chi connectivity index (χ3n) is 7.02. The van der Waals surface area contributed by atoms with E-state index in [1.165, 1.54) is 6.92 Å². The van der Waals surface area contributed by atoms with Crippen LogP contribution in [0, 0.1) is 0 Å². The van der Waals surface area contributed by atoms with Crippen molar-refractivity contribution in [3.8, 4) is 0 Å². The number of hydrogen-bond donors (Lipinski definition) is 0. The Balaban J connectivity index is 1.19. The van der Waals surface area contributed by atoms with E-state index in [9.17, 15) is 14.4 Å². The molecule has 10 heteroatoms. The maximum Gasteiger partial charge on any atom is 0.409 e. The van der Waals surface area contributed by atoms with E-state index >= 15 is 0 Å². The third kappa shape index (κ3) is 8.18. The first-order valence-corrected chi connectivity index (χ1v) is 13.5. The molecule has 0 aromatic heterocycles. The Morgan fingerprint density at radius 1 is 0.641 bits per heavy atom. The predicted molar refractivity (Wildman–Crippen MR) is 149 cm³/mol. The zero-order valence-electron chi connectivity index (χ0n) is 22.8. The Bertz CT molecular complexity index is 1090. The molecule has 0 bridgehead atoms. The second kappa shape index (κ2) is 14.0. The number of carbonyl (C=O) groups excluding carboxylic acids is 3. The zero-order chi connectivity index (χ0) is 27.6. The van der Waals surface area contributed by atoms with Crippen LogP contribution in [0.25, 0.3) is 0 Å². The van der Waals surface area contributed by atoms with Crippen molar-refractivity contribution in [2.24, 2.45) is 0 Å². The second-order valence-electron chi connectivity index (χ2n) is 9.75. The van der Waals surface area contributed by atoms with Gasteiger partial charge in [0.25, 0.3) is 0 Å². The van der Waals surface area contributed by atoms with Gasteiger partial charge in [0, 0.05) is 81.8 Å². The van der Waals surface area contributed by atoms with E-state index in [0.29, 0.717) is 37.3 Å². The topological polar surface area (TPSA) is 91.9 Å². The molecule has 0 spiro atoms. The van der Waals surface area contributed by atoms with Gasteiger partial charge in [-0.1, -0.05) is 0 Å². The number of esters is 1. The smallest absolute Gasteiger partial charge is 0.409 e. The zero-order valence-corrected chi connectivity index (χ0v) is 22.8. The molecule has 210 valence electrons. The fourth-order valence-corrected chi connectivity index (χ4v) is 4.65. The van der Waals surface area contributed by atoms with E-state index in [0.717, 1.165) is 37.6 Å². The van der Waals surface area contributed by atoms with E-state index in [1.807, 2.05) is 48.5 Å². The predicted octanol–water partition coefficient (Wildman–Crippen LogP) is 2.51. The van der Waals surface area contributed by atoms with Crippen molar-refractivity contribution in [3.05, 3.63) is 59.7 Å². The highest BCUT2D eigenvalue weighted by molar-refractivity contribution is 6.09. The first-order chi connectivity index (χ1) is 18.9. The number of anilines is 2. The highest BCUT2D eigenvalue weighted by atomic mass is 16.6. The average molecular weight is 539 g/mol. The van der Waals surface area contributed by atoms with Gasteiger partial charge in [-0.3, -0.25) is 9.59 Å². The summed E-state index contributed by atoms with van der Waals surface area (Å²) < 4.78 is 15.3. The minimum absolute atomic E-state index is 0.00870. The SMILES string of the molecule is CC(=O)OCCOCCOC(=O)N1CCN(c2ccc(C(=O)c3ccc(N4CCN(C)CC4)cc3)cc2)CC1. The van der Waals surface area contributed by atoms with Crippen LogP contribution in [0.3, 0.4) is 0 Å². The Labute approximate surface area is 230 Å². The molecule has 39 heavy (non-hydrogen) atoms. The monoisotopic (exact) mass is 538 g/mol. The Hall–Kier alpha value is -3.63. The molecule has 0 radical (unpaired) electrons. The maximum absolute atomic E-state index is 13.0. The Morgan fingerprint density at radius 2 is 1.10 bits per heavy atom. The van der Waals surface area contributed by atoms with Crippen molar-refractivity contribution >= 4 is 29.2 Å². The first kappa shape index (κ1) is 28.4. The number of hydrogen-bond acceptors (Lipinski definition) is 9. The van der Waals surface area contributed by atoms with E-state index < -0.39 is 0 Å². The summed E-state index contributed by atoms with van der Waals surface area (Å²) in [5, 5.41) is 0. The number of amides is 1. The lowest BCUT2D eigenvalue weighted by atomic mass is 10.0. The molecule has 2 heterocycles. The van der Waals surface area contributed by atoms with Gasteiger partial charge in [-0.15, -0.1) is 0 Å². The molecule has 0 unspecified atom stereocenters. The van der Waals surface area contributed by atoms with Crippen LogP contribution < -0.4 is 9.80 Å². The molecule has 2 aliphatic heterocycles. The highest BCUT2D eigenvalue weighted by Crippen LogP contribution is 2.22. The average Bonchev–Trinajstić information content (AvgIpc) is 2.97. The second-order valence-corrected chi connectivity index (χ2v) is 9.75. The lowest BCUT2D eigenvalue weighted by Gasteiger charge is -2.35. The third-order valence-corrected chi connectivity index (χ3v) is 7.02. The molecule has 0 saturated carbocycles. The van der Waals surface area contributed by atoms with Gasteiger partial charge in [0.1, 0.15) is 13.2 Å². The van der Waals surface area contributed by atoms with Gasteiger partial charge in [-0.25, -0.2) is 4.79 Å². The summed E-state index contributed by atoms with van der Waals surface area (Å²) in [5.74, 6) is -0.342. The number of rotatable bonds is 10. The van der Waals surface area contributed by atoms with Crippen LogP contribution in [-0.2, 0) is 19.0 Å². The molecule has 0 N–H and O–H groups in total. The maximum atomic E-state index is 13.0. The molecule has 4 rings (SSSR count). The molecule has 10 nitrogen and oxygen atoms in total. The molecule has 1 amide bonds. The summed E-state index contributed by atoms with van der Waals surface area (Å²) >= 11 is 0. The van der Waals surface area contributed by atoms with Crippen LogP contribution in [0.4, 0.5) is 16.2 Å². The normalized spacial score (nSPS) is 16.2. The summed E-state index contributed by atoms with van der Waals surface area (Å²) in [7, 11) is 2.14. The minimum atomic E-state index is -0.363. The van der Waals surface area contributed by atoms with E-state index in [4.69, 9.17) is 14.2 Å². The van der Waals surface area contributed by atoms with Crippen molar-refractivity contribution in [2.45, 2.75) is 6.92 Å². The number of ether oxygens (including phenoxy) is 3. The van der Waals surface area contributed by atoms with Gasteiger partial charge in [0.2, 0.25) is 0 Å². The van der Waals surface area contributed by atoms with Gasteiger partial charge >= 0.3 is 12.1 Å². The van der Waals surface area contributed by atoms with Crippen molar-refractivity contribution in [1.29, 1.82) is 0 Å². The van der Waals surface area contributed by atoms with Crippen LogP contribution in [0.1, 0.15) is 22.8 Å². The quantitative estimate of drug-likeness (QED) is 0.257. The molecular formula is C29H38N4O6. The fourth-order valence-electron chi connectivity index (χ4n) is 4.65. The minimum Gasteiger partial charge on any atom is -0.463 e. The number of nitrogens with zero attached hydrogens (tertiary/aromatic N) is 4. The van der Waals surface area contributed by atoms with Gasteiger partial charge < -0.3 is 33.8 Å². The van der Waals surface area contributed by atoms with E-state index in [-0.39, 0.29) is 44.3 Å². The van der Waals surface area contributed by atoms with Crippen LogP contribution in [-0.4, -0.2) is 113 Å². The van der Waals surface area contributed by atoms with E-state index in [1.54, 1.807) is 4.90 Å². The number of piperazine rings is 2. The lowest BCUT2D eigenvalue weighted by molar-refractivity contribution is -0.142. The van der Waals surface area contributed by atoms with E-state index in [2.05, 4.69) is 21.7 Å². The number of benzene rings is 2. The largest absolute Gasteiger partial charge is 0.463 e. The van der Waals surface area contributed by atoms with Gasteiger partial charge in [0.05, 0.1) is 13.2 Å². The van der Waals surface area contributed by atoms with Gasteiger partial charge in [-0.05, 0) is 55.6 Å². The van der Waals surface area contributed by atoms with Gasteiger partial charge in [0.15, 0.2) is 5.78 Å². The molecule has 2 aromatic rings. The summed E-state index contributed by atoms with van der Waals surface area (Å²) in [6.45, 7) is 8.72. The van der Waals surface area contributed by atoms with Crippen molar-refractivity contribution < 1.29 is 28.6 Å². The van der Waals surface area contributed by atoms with Crippen LogP contribution in [0.15, 0.2) is 48.5 Å². The van der Waals surface area contributed by atoms with Crippen LogP contribution in [0.5, 0.6) is 0 Å². The molecule has 2 aliphatic rings. The number of likely N-dealkylation sites (N-methyl/N-ethyl adjacent to an activating group) is 1. The highest BCUT2D eigenvalue weighted by Gasteiger charge is 2.23. The summed E-state index contributed by atoms with van der Waals surface area (Å²) in [6, 6.07) is 15.6. The number of carbonyl (C=O) groups is 3. The van der Waals surface area contributed by atoms with Crippen molar-refractivity contribution in [2.75, 3.05) is 95.6 Å². The number of ketones is 1. The summed E-state index contributed by atoms with van der Waals surface area (Å²) in [4.78, 5) is 44.6. The summed E-state index contributed by atoms with van der Waals surface area (Å²) in [5.41, 5.74) is 3.51. The summed E-state index contributed by atoms with van der Waals surface area (Å²) in [6.07, 6.45) is -0.363. The van der Waals surface area contributed by atoms with Crippen LogP contribution >= 0.6 is 0 Å². The van der Waals surface area contributed by atoms with Crippen LogP contribution in [0.2, 0.25) is 0 Å². The molecule has 2 saturated heterocycles. The van der Waals surface area contributed by atoms with Gasteiger partial charge in [-0.2, -0.15) is 0 Å². The molecule has 0 aliphatic carbocycles. The first-order valence-electron chi connectivity index (χ1n) is 13.5. The lowest BCUT2D eigenvalue weighted by Crippen LogP contribution is -2.49. The van der Waals surface area contributed by atoms with Crippen molar-refractivity contribution in [1.82, 2.24) is 9.80 Å². The Morgan fingerprint density at radius 3 is 1.59 bits per heavy atom.